The summed E-state index contributed by atoms with van der Waals surface area (Å²) in [6.07, 6.45) is 4.59. The molecule has 3 heterocycles. The quantitative estimate of drug-likeness (QED) is 0.769. The summed E-state index contributed by atoms with van der Waals surface area (Å²) in [6.45, 7) is 0.807. The van der Waals surface area contributed by atoms with Gasteiger partial charge in [0.05, 0.1) is 17.2 Å². The lowest BCUT2D eigenvalue weighted by atomic mass is 10.1. The van der Waals surface area contributed by atoms with Gasteiger partial charge in [-0.3, -0.25) is 0 Å². The van der Waals surface area contributed by atoms with Crippen LogP contribution in [0.25, 0.3) is 0 Å². The second-order valence-corrected chi connectivity index (χ2v) is 7.36. The average Bonchev–Trinajstić information content (AvgIpc) is 2.80. The molecule has 2 aliphatic rings. The first-order chi connectivity index (χ1) is 8.03. The SMILES string of the molecule is NC1CCc2nc(C3CCS(=O)(=O)C3)cn2C1. The minimum absolute atomic E-state index is 0.0920. The number of aromatic nitrogens is 2. The van der Waals surface area contributed by atoms with Crippen molar-refractivity contribution >= 4 is 9.84 Å². The molecule has 1 saturated heterocycles. The molecule has 2 atom stereocenters. The van der Waals surface area contributed by atoms with Crippen LogP contribution in [0.15, 0.2) is 6.20 Å². The van der Waals surface area contributed by atoms with E-state index in [1.807, 2.05) is 6.20 Å². The van der Waals surface area contributed by atoms with Gasteiger partial charge < -0.3 is 10.3 Å². The number of aryl methyl sites for hydroxylation is 1. The minimum Gasteiger partial charge on any atom is -0.333 e. The number of rotatable bonds is 1. The fourth-order valence-corrected chi connectivity index (χ4v) is 4.48. The second-order valence-electron chi connectivity index (χ2n) is 5.13. The Morgan fingerprint density at radius 1 is 1.41 bits per heavy atom. The van der Waals surface area contributed by atoms with Crippen molar-refractivity contribution in [2.24, 2.45) is 5.73 Å². The van der Waals surface area contributed by atoms with Crippen LogP contribution in [0.4, 0.5) is 0 Å². The van der Waals surface area contributed by atoms with E-state index in [0.717, 1.165) is 30.9 Å². The average molecular weight is 255 g/mol. The van der Waals surface area contributed by atoms with Crippen LogP contribution in [0, 0.1) is 0 Å². The van der Waals surface area contributed by atoms with Crippen LogP contribution in [0.1, 0.15) is 30.3 Å². The molecule has 2 aliphatic heterocycles. The molecule has 0 aliphatic carbocycles. The van der Waals surface area contributed by atoms with E-state index in [0.29, 0.717) is 12.2 Å². The second kappa shape index (κ2) is 3.81. The third-order valence-corrected chi connectivity index (χ3v) is 5.47. The zero-order valence-electron chi connectivity index (χ0n) is 9.67. The number of hydrogen-bond donors (Lipinski definition) is 1. The summed E-state index contributed by atoms with van der Waals surface area (Å²) >= 11 is 0. The molecule has 1 aromatic heterocycles. The molecule has 94 valence electrons. The van der Waals surface area contributed by atoms with E-state index in [1.165, 1.54) is 0 Å². The molecule has 17 heavy (non-hydrogen) atoms. The highest BCUT2D eigenvalue weighted by Crippen LogP contribution is 2.29. The predicted octanol–water partition coefficient (Wildman–Crippen LogP) is 0.0587. The van der Waals surface area contributed by atoms with Crippen molar-refractivity contribution in [3.63, 3.8) is 0 Å². The molecule has 0 bridgehead atoms. The van der Waals surface area contributed by atoms with E-state index in [1.54, 1.807) is 0 Å². The van der Waals surface area contributed by atoms with Crippen LogP contribution >= 0.6 is 0 Å². The van der Waals surface area contributed by atoms with Gasteiger partial charge in [0.25, 0.3) is 0 Å². The summed E-state index contributed by atoms with van der Waals surface area (Å²) in [5.41, 5.74) is 6.85. The molecule has 0 spiro atoms. The first kappa shape index (κ1) is 11.2. The maximum atomic E-state index is 11.5. The molecule has 0 radical (unpaired) electrons. The molecule has 5 nitrogen and oxygen atoms in total. The summed E-state index contributed by atoms with van der Waals surface area (Å²) in [4.78, 5) is 4.58. The van der Waals surface area contributed by atoms with Gasteiger partial charge in [0.1, 0.15) is 5.82 Å². The van der Waals surface area contributed by atoms with Crippen molar-refractivity contribution in [3.05, 3.63) is 17.7 Å². The maximum Gasteiger partial charge on any atom is 0.151 e. The van der Waals surface area contributed by atoms with E-state index in [2.05, 4.69) is 9.55 Å². The first-order valence-corrected chi connectivity index (χ1v) is 7.87. The van der Waals surface area contributed by atoms with Gasteiger partial charge in [0, 0.05) is 31.1 Å². The topological polar surface area (TPSA) is 78.0 Å². The largest absolute Gasteiger partial charge is 0.333 e. The molecule has 1 fully saturated rings. The van der Waals surface area contributed by atoms with Crippen molar-refractivity contribution in [2.45, 2.75) is 37.8 Å². The summed E-state index contributed by atoms with van der Waals surface area (Å²) in [5.74, 6) is 1.72. The zero-order valence-corrected chi connectivity index (χ0v) is 10.5. The normalized spacial score (nSPS) is 31.4. The molecule has 0 saturated carbocycles. The predicted molar refractivity (Wildman–Crippen MR) is 64.5 cm³/mol. The summed E-state index contributed by atoms with van der Waals surface area (Å²) < 4.78 is 25.0. The number of hydrogen-bond acceptors (Lipinski definition) is 4. The number of fused-ring (bicyclic) bond motifs is 1. The fourth-order valence-electron chi connectivity index (χ4n) is 2.72. The highest BCUT2D eigenvalue weighted by atomic mass is 32.2. The van der Waals surface area contributed by atoms with Crippen LogP contribution in [0.3, 0.4) is 0 Å². The summed E-state index contributed by atoms with van der Waals surface area (Å²) in [5, 5.41) is 0. The third-order valence-electron chi connectivity index (χ3n) is 3.70. The number of nitrogens with two attached hydrogens (primary N) is 1. The van der Waals surface area contributed by atoms with Crippen LogP contribution in [0.2, 0.25) is 0 Å². The lowest BCUT2D eigenvalue weighted by Crippen LogP contribution is -2.31. The highest BCUT2D eigenvalue weighted by Gasteiger charge is 2.31. The van der Waals surface area contributed by atoms with E-state index in [4.69, 9.17) is 5.73 Å². The molecule has 0 amide bonds. The lowest BCUT2D eigenvalue weighted by molar-refractivity contribution is 0.453. The number of imidazole rings is 1. The molecule has 1 aromatic rings. The Kier molecular flexibility index (Phi) is 2.52. The Labute approximate surface area is 101 Å². The summed E-state index contributed by atoms with van der Waals surface area (Å²) in [7, 11) is -2.83. The van der Waals surface area contributed by atoms with Crippen LogP contribution < -0.4 is 5.73 Å². The monoisotopic (exact) mass is 255 g/mol. The number of sulfone groups is 1. The zero-order chi connectivity index (χ0) is 12.0. The van der Waals surface area contributed by atoms with Crippen molar-refractivity contribution < 1.29 is 8.42 Å². The van der Waals surface area contributed by atoms with Crippen molar-refractivity contribution in [1.82, 2.24) is 9.55 Å². The fraction of sp³-hybridized carbons (Fsp3) is 0.727. The Hall–Kier alpha value is -0.880. The van der Waals surface area contributed by atoms with Crippen molar-refractivity contribution in [2.75, 3.05) is 11.5 Å². The maximum absolute atomic E-state index is 11.5. The standard InChI is InChI=1S/C11H17N3O2S/c12-9-1-2-11-13-10(6-14(11)5-9)8-3-4-17(15,16)7-8/h6,8-9H,1-5,7,12H2. The Balaban J connectivity index is 1.86. The molecule has 3 rings (SSSR count). The molecular weight excluding hydrogens is 238 g/mol. The van der Waals surface area contributed by atoms with E-state index in [-0.39, 0.29) is 17.7 Å². The van der Waals surface area contributed by atoms with Crippen LogP contribution in [0.5, 0.6) is 0 Å². The van der Waals surface area contributed by atoms with Gasteiger partial charge in [-0.2, -0.15) is 0 Å². The van der Waals surface area contributed by atoms with Gasteiger partial charge >= 0.3 is 0 Å². The Morgan fingerprint density at radius 3 is 2.94 bits per heavy atom. The summed E-state index contributed by atoms with van der Waals surface area (Å²) in [6, 6.07) is 0.205. The van der Waals surface area contributed by atoms with Gasteiger partial charge in [0.15, 0.2) is 9.84 Å². The van der Waals surface area contributed by atoms with E-state index in [9.17, 15) is 8.42 Å². The lowest BCUT2D eigenvalue weighted by Gasteiger charge is -2.19. The van der Waals surface area contributed by atoms with Gasteiger partial charge in [-0.1, -0.05) is 0 Å². The van der Waals surface area contributed by atoms with Crippen molar-refractivity contribution in [1.29, 1.82) is 0 Å². The van der Waals surface area contributed by atoms with Crippen LogP contribution in [-0.2, 0) is 22.8 Å². The molecular formula is C11H17N3O2S. The number of nitrogens with zero attached hydrogens (tertiary/aromatic N) is 2. The van der Waals surface area contributed by atoms with Crippen molar-refractivity contribution in [3.8, 4) is 0 Å². The minimum atomic E-state index is -2.83. The molecule has 6 heteroatoms. The molecule has 2 unspecified atom stereocenters. The van der Waals surface area contributed by atoms with E-state index >= 15 is 0 Å². The Bertz CT molecular complexity index is 535. The Morgan fingerprint density at radius 2 is 2.24 bits per heavy atom. The molecule has 0 aromatic carbocycles. The highest BCUT2D eigenvalue weighted by molar-refractivity contribution is 7.91. The molecule has 2 N–H and O–H groups in total. The van der Waals surface area contributed by atoms with Gasteiger partial charge in [-0.05, 0) is 12.8 Å². The van der Waals surface area contributed by atoms with Gasteiger partial charge in [0.2, 0.25) is 0 Å². The first-order valence-electron chi connectivity index (χ1n) is 6.05. The van der Waals surface area contributed by atoms with Gasteiger partial charge in [-0.15, -0.1) is 0 Å². The smallest absolute Gasteiger partial charge is 0.151 e. The van der Waals surface area contributed by atoms with Gasteiger partial charge in [-0.25, -0.2) is 13.4 Å². The third kappa shape index (κ3) is 2.11. The van der Waals surface area contributed by atoms with E-state index < -0.39 is 9.84 Å². The van der Waals surface area contributed by atoms with Crippen LogP contribution in [-0.4, -0.2) is 35.5 Å².